The van der Waals surface area contributed by atoms with Gasteiger partial charge in [-0.25, -0.2) is 0 Å². The lowest BCUT2D eigenvalue weighted by molar-refractivity contribution is -0.139. The maximum absolute atomic E-state index is 12.2. The molecule has 8 nitrogen and oxygen atoms in total. The third kappa shape index (κ3) is 6.74. The fourth-order valence-corrected chi connectivity index (χ4v) is 3.33. The lowest BCUT2D eigenvalue weighted by Gasteiger charge is -2.31. The third-order valence-electron chi connectivity index (χ3n) is 5.23. The Hall–Kier alpha value is -3.55. The predicted octanol–water partition coefficient (Wildman–Crippen LogP) is 1.97. The summed E-state index contributed by atoms with van der Waals surface area (Å²) < 4.78 is 10.3. The van der Waals surface area contributed by atoms with Crippen LogP contribution in [-0.4, -0.2) is 49.4 Å². The molecule has 0 radical (unpaired) electrons. The van der Waals surface area contributed by atoms with Crippen LogP contribution in [0.25, 0.3) is 6.08 Å². The molecule has 1 fully saturated rings. The normalized spacial score (nSPS) is 14.4. The smallest absolute Gasteiger partial charge is 0.309 e. The van der Waals surface area contributed by atoms with E-state index in [1.807, 2.05) is 12.1 Å². The van der Waals surface area contributed by atoms with Gasteiger partial charge in [0, 0.05) is 32.3 Å². The monoisotopic (exact) mass is 425 g/mol. The molecule has 31 heavy (non-hydrogen) atoms. The number of benzene rings is 1. The Bertz CT molecular complexity index is 898. The van der Waals surface area contributed by atoms with Crippen LogP contribution >= 0.6 is 0 Å². The molecule has 0 atom stereocenters. The lowest BCUT2D eigenvalue weighted by atomic mass is 9.96. The molecule has 8 heteroatoms. The maximum atomic E-state index is 12.2. The van der Waals surface area contributed by atoms with Crippen molar-refractivity contribution in [3.8, 4) is 5.75 Å². The lowest BCUT2D eigenvalue weighted by Crippen LogP contribution is -2.44. The van der Waals surface area contributed by atoms with Gasteiger partial charge in [0.1, 0.15) is 11.5 Å². The van der Waals surface area contributed by atoms with Gasteiger partial charge >= 0.3 is 11.8 Å². The molecule has 1 saturated heterocycles. The molecule has 0 spiro atoms. The Morgan fingerprint density at radius 2 is 1.81 bits per heavy atom. The van der Waals surface area contributed by atoms with E-state index in [9.17, 15) is 14.4 Å². The number of rotatable bonds is 7. The Balaban J connectivity index is 1.34. The first kappa shape index (κ1) is 22.1. The molecule has 0 unspecified atom stereocenters. The highest BCUT2D eigenvalue weighted by atomic mass is 16.5. The van der Waals surface area contributed by atoms with Crippen LogP contribution in [0.1, 0.15) is 24.2 Å². The molecule has 2 N–H and O–H groups in total. The van der Waals surface area contributed by atoms with Gasteiger partial charge in [0.15, 0.2) is 0 Å². The van der Waals surface area contributed by atoms with E-state index in [0.29, 0.717) is 25.4 Å². The van der Waals surface area contributed by atoms with Gasteiger partial charge < -0.3 is 24.7 Å². The quantitative estimate of drug-likeness (QED) is 0.522. The van der Waals surface area contributed by atoms with Gasteiger partial charge in [-0.05, 0) is 54.7 Å². The van der Waals surface area contributed by atoms with E-state index in [2.05, 4.69) is 10.6 Å². The van der Waals surface area contributed by atoms with Gasteiger partial charge in [0.2, 0.25) is 5.91 Å². The summed E-state index contributed by atoms with van der Waals surface area (Å²) in [6, 6.07) is 10.8. The summed E-state index contributed by atoms with van der Waals surface area (Å²) >= 11 is 0. The number of carbonyl (C=O) groups is 3. The van der Waals surface area contributed by atoms with Crippen LogP contribution in [0.2, 0.25) is 0 Å². The summed E-state index contributed by atoms with van der Waals surface area (Å²) in [5.41, 5.74) is 0.875. The van der Waals surface area contributed by atoms with E-state index in [-0.39, 0.29) is 18.4 Å². The van der Waals surface area contributed by atoms with Crippen LogP contribution in [-0.2, 0) is 20.9 Å². The summed E-state index contributed by atoms with van der Waals surface area (Å²) in [5, 5.41) is 5.31. The molecule has 1 aromatic heterocycles. The average Bonchev–Trinajstić information content (AvgIpc) is 3.33. The van der Waals surface area contributed by atoms with Crippen molar-refractivity contribution in [1.29, 1.82) is 0 Å². The Morgan fingerprint density at radius 3 is 2.45 bits per heavy atom. The number of hydrogen-bond acceptors (Lipinski definition) is 5. The number of likely N-dealkylation sites (tertiary alicyclic amines) is 1. The molecule has 0 aliphatic carbocycles. The van der Waals surface area contributed by atoms with Crippen molar-refractivity contribution >= 4 is 23.8 Å². The van der Waals surface area contributed by atoms with Crippen molar-refractivity contribution in [1.82, 2.24) is 15.5 Å². The topological polar surface area (TPSA) is 101 Å². The van der Waals surface area contributed by atoms with Crippen LogP contribution in [0.4, 0.5) is 0 Å². The molecule has 0 bridgehead atoms. The van der Waals surface area contributed by atoms with Crippen LogP contribution in [0.5, 0.6) is 5.75 Å². The van der Waals surface area contributed by atoms with Gasteiger partial charge in [0.05, 0.1) is 13.4 Å². The molecule has 3 amide bonds. The van der Waals surface area contributed by atoms with Crippen molar-refractivity contribution in [3.05, 3.63) is 60.1 Å². The largest absolute Gasteiger partial charge is 0.497 e. The van der Waals surface area contributed by atoms with Gasteiger partial charge in [0.25, 0.3) is 0 Å². The predicted molar refractivity (Wildman–Crippen MR) is 115 cm³/mol. The third-order valence-corrected chi connectivity index (χ3v) is 5.23. The highest BCUT2D eigenvalue weighted by Crippen LogP contribution is 2.17. The van der Waals surface area contributed by atoms with E-state index in [1.54, 1.807) is 48.6 Å². The zero-order valence-corrected chi connectivity index (χ0v) is 17.5. The van der Waals surface area contributed by atoms with E-state index in [1.165, 1.54) is 6.08 Å². The number of amides is 3. The minimum Gasteiger partial charge on any atom is -0.497 e. The zero-order chi connectivity index (χ0) is 22.1. The Labute approximate surface area is 181 Å². The summed E-state index contributed by atoms with van der Waals surface area (Å²) in [4.78, 5) is 38.1. The van der Waals surface area contributed by atoms with Crippen molar-refractivity contribution < 1.29 is 23.5 Å². The molecule has 164 valence electrons. The standard InChI is InChI=1S/C23H27N3O5/c1-30-19-6-4-17(5-7-19)15-24-22(28)23(29)25-16-18-10-12-26(13-11-18)21(27)9-8-20-3-2-14-31-20/h2-9,14,18H,10-13,15-16H2,1H3,(H,24,28)(H,25,29)/b9-8+. The second-order valence-electron chi connectivity index (χ2n) is 7.36. The highest BCUT2D eigenvalue weighted by Gasteiger charge is 2.23. The van der Waals surface area contributed by atoms with Gasteiger partial charge in [-0.15, -0.1) is 0 Å². The zero-order valence-electron chi connectivity index (χ0n) is 17.5. The minimum atomic E-state index is -0.661. The first-order chi connectivity index (χ1) is 15.0. The van der Waals surface area contributed by atoms with Gasteiger partial charge in [-0.2, -0.15) is 0 Å². The van der Waals surface area contributed by atoms with E-state index in [0.717, 1.165) is 24.2 Å². The Morgan fingerprint density at radius 1 is 1.10 bits per heavy atom. The number of methoxy groups -OCH3 is 1. The number of carbonyl (C=O) groups excluding carboxylic acids is 3. The fourth-order valence-electron chi connectivity index (χ4n) is 3.33. The molecular formula is C23H27N3O5. The number of hydrogen-bond donors (Lipinski definition) is 2. The number of furan rings is 1. The summed E-state index contributed by atoms with van der Waals surface area (Å²) in [6.07, 6.45) is 6.26. The first-order valence-corrected chi connectivity index (χ1v) is 10.2. The molecule has 1 aromatic carbocycles. The second kappa shape index (κ2) is 11.0. The molecule has 1 aliphatic heterocycles. The fraction of sp³-hybridized carbons (Fsp3) is 0.348. The number of nitrogens with zero attached hydrogens (tertiary/aromatic N) is 1. The van der Waals surface area contributed by atoms with Crippen molar-refractivity contribution in [3.63, 3.8) is 0 Å². The van der Waals surface area contributed by atoms with Crippen molar-refractivity contribution in [2.24, 2.45) is 5.92 Å². The summed E-state index contributed by atoms with van der Waals surface area (Å²) in [5.74, 6) is 0.235. The summed E-state index contributed by atoms with van der Waals surface area (Å²) in [6.45, 7) is 1.92. The van der Waals surface area contributed by atoms with Crippen LogP contribution in [0, 0.1) is 5.92 Å². The maximum Gasteiger partial charge on any atom is 0.309 e. The SMILES string of the molecule is COc1ccc(CNC(=O)C(=O)NCC2CCN(C(=O)/C=C/c3ccco3)CC2)cc1. The molecule has 2 heterocycles. The van der Waals surface area contributed by atoms with Gasteiger partial charge in [-0.3, -0.25) is 14.4 Å². The summed E-state index contributed by atoms with van der Waals surface area (Å²) in [7, 11) is 1.59. The van der Waals surface area contributed by atoms with Crippen molar-refractivity contribution in [2.75, 3.05) is 26.7 Å². The van der Waals surface area contributed by atoms with Gasteiger partial charge in [-0.1, -0.05) is 12.1 Å². The van der Waals surface area contributed by atoms with Crippen LogP contribution in [0.3, 0.4) is 0 Å². The molecule has 3 rings (SSSR count). The average molecular weight is 425 g/mol. The van der Waals surface area contributed by atoms with E-state index >= 15 is 0 Å². The minimum absolute atomic E-state index is 0.0585. The second-order valence-corrected chi connectivity index (χ2v) is 7.36. The van der Waals surface area contributed by atoms with E-state index < -0.39 is 11.8 Å². The first-order valence-electron chi connectivity index (χ1n) is 10.2. The number of nitrogens with one attached hydrogen (secondary N) is 2. The van der Waals surface area contributed by atoms with Crippen LogP contribution < -0.4 is 15.4 Å². The Kier molecular flexibility index (Phi) is 7.86. The van der Waals surface area contributed by atoms with Crippen molar-refractivity contribution in [2.45, 2.75) is 19.4 Å². The highest BCUT2D eigenvalue weighted by molar-refractivity contribution is 6.35. The molecule has 0 saturated carbocycles. The van der Waals surface area contributed by atoms with Crippen LogP contribution in [0.15, 0.2) is 53.2 Å². The molecule has 1 aliphatic rings. The number of ether oxygens (including phenoxy) is 1. The number of piperidine rings is 1. The van der Waals surface area contributed by atoms with E-state index in [4.69, 9.17) is 9.15 Å². The molecule has 2 aromatic rings. The molecular weight excluding hydrogens is 398 g/mol.